The molecule has 0 aromatic heterocycles. The van der Waals surface area contributed by atoms with Crippen molar-refractivity contribution in [3.63, 3.8) is 0 Å². The standard InChI is InChI=1S/C10H9FINO4/c11-17-10(14)9(12)6-3-7-1-4-8(5-2-7)13(15)16/h1-2,4-5,9H,3,6H2. The molecule has 0 N–H and O–H groups in total. The minimum Gasteiger partial charge on any atom is -0.258 e. The molecule has 0 fully saturated rings. The Morgan fingerprint density at radius 1 is 1.47 bits per heavy atom. The van der Waals surface area contributed by atoms with E-state index >= 15 is 0 Å². The zero-order valence-electron chi connectivity index (χ0n) is 8.64. The summed E-state index contributed by atoms with van der Waals surface area (Å²) in [4.78, 5) is 23.8. The lowest BCUT2D eigenvalue weighted by atomic mass is 10.1. The number of alkyl halides is 1. The fourth-order valence-corrected chi connectivity index (χ4v) is 1.65. The molecule has 0 heterocycles. The predicted molar refractivity (Wildman–Crippen MR) is 66.4 cm³/mol. The summed E-state index contributed by atoms with van der Waals surface area (Å²) in [5.74, 6) is -0.910. The summed E-state index contributed by atoms with van der Waals surface area (Å²) in [6.45, 7) is 0. The van der Waals surface area contributed by atoms with Crippen LogP contribution in [0.5, 0.6) is 0 Å². The average molecular weight is 353 g/mol. The second-order valence-electron chi connectivity index (χ2n) is 3.33. The fraction of sp³-hybridized carbons (Fsp3) is 0.300. The number of halogens is 2. The van der Waals surface area contributed by atoms with E-state index in [9.17, 15) is 19.4 Å². The number of aryl methyl sites for hydroxylation is 1. The lowest BCUT2D eigenvalue weighted by Gasteiger charge is -2.04. The first-order valence-corrected chi connectivity index (χ1v) is 5.99. The zero-order valence-corrected chi connectivity index (χ0v) is 10.8. The van der Waals surface area contributed by atoms with Crippen molar-refractivity contribution in [2.75, 3.05) is 0 Å². The highest BCUT2D eigenvalue weighted by Crippen LogP contribution is 2.16. The molecule has 0 amide bonds. The molecule has 0 radical (unpaired) electrons. The number of non-ortho nitro benzene ring substituents is 1. The van der Waals surface area contributed by atoms with E-state index in [0.717, 1.165) is 5.56 Å². The average Bonchev–Trinajstić information content (AvgIpc) is 2.35. The van der Waals surface area contributed by atoms with Gasteiger partial charge in [0.1, 0.15) is 3.92 Å². The molecule has 0 aliphatic heterocycles. The van der Waals surface area contributed by atoms with Gasteiger partial charge in [0.05, 0.1) is 4.92 Å². The molecule has 0 aliphatic rings. The van der Waals surface area contributed by atoms with Gasteiger partial charge in [-0.15, -0.1) is 0 Å². The van der Waals surface area contributed by atoms with E-state index in [1.807, 2.05) is 0 Å². The summed E-state index contributed by atoms with van der Waals surface area (Å²) >= 11 is 1.79. The molecule has 0 saturated carbocycles. The predicted octanol–water partition coefficient (Wildman–Crippen LogP) is 2.76. The highest BCUT2D eigenvalue weighted by molar-refractivity contribution is 14.1. The van der Waals surface area contributed by atoms with E-state index in [-0.39, 0.29) is 5.69 Å². The molecule has 0 saturated heterocycles. The first kappa shape index (κ1) is 13.8. The molecule has 5 nitrogen and oxygen atoms in total. The maximum Gasteiger partial charge on any atom is 0.361 e. The van der Waals surface area contributed by atoms with Gasteiger partial charge in [-0.1, -0.05) is 34.7 Å². The Morgan fingerprint density at radius 2 is 2.06 bits per heavy atom. The van der Waals surface area contributed by atoms with Crippen molar-refractivity contribution in [1.29, 1.82) is 0 Å². The number of benzene rings is 1. The maximum atomic E-state index is 11.6. The molecule has 1 rings (SSSR count). The van der Waals surface area contributed by atoms with E-state index < -0.39 is 14.8 Å². The van der Waals surface area contributed by atoms with Crippen molar-refractivity contribution < 1.29 is 19.2 Å². The van der Waals surface area contributed by atoms with Gasteiger partial charge in [0.2, 0.25) is 0 Å². The number of nitro groups is 1. The summed E-state index contributed by atoms with van der Waals surface area (Å²) in [5, 5.41) is 10.4. The highest BCUT2D eigenvalue weighted by Gasteiger charge is 2.17. The minimum absolute atomic E-state index is 0.0166. The molecule has 0 bridgehead atoms. The Hall–Kier alpha value is -1.25. The number of hydrogen-bond donors (Lipinski definition) is 0. The summed E-state index contributed by atoms with van der Waals surface area (Å²) in [6.07, 6.45) is 0.946. The molecular formula is C10H9FINO4. The van der Waals surface area contributed by atoms with Crippen LogP contribution in [0.1, 0.15) is 12.0 Å². The van der Waals surface area contributed by atoms with Gasteiger partial charge in [-0.05, 0) is 18.4 Å². The summed E-state index contributed by atoms with van der Waals surface area (Å²) in [7, 11) is 0. The number of nitro benzene ring substituents is 1. The topological polar surface area (TPSA) is 69.4 Å². The summed E-state index contributed by atoms with van der Waals surface area (Å²) in [5.41, 5.74) is 0.867. The van der Waals surface area contributed by atoms with E-state index in [0.29, 0.717) is 12.8 Å². The minimum atomic E-state index is -0.910. The van der Waals surface area contributed by atoms with E-state index in [4.69, 9.17) is 0 Å². The Kier molecular flexibility index (Phi) is 5.26. The lowest BCUT2D eigenvalue weighted by molar-refractivity contribution is -0.384. The van der Waals surface area contributed by atoms with Crippen LogP contribution in [0.15, 0.2) is 24.3 Å². The van der Waals surface area contributed by atoms with Gasteiger partial charge in [-0.3, -0.25) is 15.1 Å². The quantitative estimate of drug-likeness (QED) is 0.353. The Morgan fingerprint density at radius 3 is 2.53 bits per heavy atom. The van der Waals surface area contributed by atoms with Crippen molar-refractivity contribution >= 4 is 34.2 Å². The van der Waals surface area contributed by atoms with E-state index in [1.54, 1.807) is 34.7 Å². The maximum absolute atomic E-state index is 11.6. The lowest BCUT2D eigenvalue weighted by Crippen LogP contribution is -2.14. The molecule has 0 spiro atoms. The molecular weight excluding hydrogens is 344 g/mol. The van der Waals surface area contributed by atoms with Crippen molar-refractivity contribution in [2.45, 2.75) is 16.8 Å². The third kappa shape index (κ3) is 4.25. The molecule has 1 aromatic carbocycles. The number of carbonyl (C=O) groups excluding carboxylic acids is 1. The van der Waals surface area contributed by atoms with Crippen LogP contribution in [-0.4, -0.2) is 14.8 Å². The fourth-order valence-electron chi connectivity index (χ4n) is 1.24. The van der Waals surface area contributed by atoms with Crippen molar-refractivity contribution in [1.82, 2.24) is 0 Å². The number of nitrogens with zero attached hydrogens (tertiary/aromatic N) is 1. The molecule has 17 heavy (non-hydrogen) atoms. The first-order valence-electron chi connectivity index (χ1n) is 4.74. The third-order valence-corrected chi connectivity index (χ3v) is 3.30. The highest BCUT2D eigenvalue weighted by atomic mass is 127. The summed E-state index contributed by atoms with van der Waals surface area (Å²) < 4.78 is 11.0. The Bertz CT molecular complexity index is 409. The van der Waals surface area contributed by atoms with Crippen molar-refractivity contribution in [2.24, 2.45) is 0 Å². The van der Waals surface area contributed by atoms with Crippen LogP contribution in [0.4, 0.5) is 10.2 Å². The van der Waals surface area contributed by atoms with E-state index in [2.05, 4.69) is 4.94 Å². The van der Waals surface area contributed by atoms with Gasteiger partial charge in [0.15, 0.2) is 0 Å². The smallest absolute Gasteiger partial charge is 0.258 e. The largest absolute Gasteiger partial charge is 0.361 e. The van der Waals surface area contributed by atoms with Gasteiger partial charge in [0, 0.05) is 16.7 Å². The van der Waals surface area contributed by atoms with Gasteiger partial charge in [-0.2, -0.15) is 0 Å². The monoisotopic (exact) mass is 353 g/mol. The van der Waals surface area contributed by atoms with Crippen LogP contribution >= 0.6 is 22.6 Å². The van der Waals surface area contributed by atoms with Gasteiger partial charge >= 0.3 is 5.97 Å². The van der Waals surface area contributed by atoms with Crippen LogP contribution in [-0.2, 0) is 16.2 Å². The number of rotatable bonds is 5. The van der Waals surface area contributed by atoms with Crippen molar-refractivity contribution in [3.05, 3.63) is 39.9 Å². The third-order valence-electron chi connectivity index (χ3n) is 2.17. The second kappa shape index (κ2) is 6.48. The molecule has 0 aliphatic carbocycles. The molecule has 1 aromatic rings. The molecule has 1 atom stereocenters. The Labute approximate surface area is 110 Å². The van der Waals surface area contributed by atoms with Crippen LogP contribution < -0.4 is 0 Å². The van der Waals surface area contributed by atoms with Gasteiger partial charge in [0.25, 0.3) is 5.69 Å². The first-order chi connectivity index (χ1) is 8.04. The van der Waals surface area contributed by atoms with Gasteiger partial charge < -0.3 is 0 Å². The van der Waals surface area contributed by atoms with E-state index in [1.165, 1.54) is 12.1 Å². The number of hydrogen-bond acceptors (Lipinski definition) is 4. The Balaban J connectivity index is 2.53. The summed E-state index contributed by atoms with van der Waals surface area (Å²) in [6, 6.07) is 6.01. The number of carbonyl (C=O) groups is 1. The SMILES string of the molecule is O=C(OF)C(I)CCc1ccc([N+](=O)[O-])cc1. The normalized spacial score (nSPS) is 11.9. The zero-order chi connectivity index (χ0) is 12.8. The molecule has 7 heteroatoms. The van der Waals surface area contributed by atoms with Crippen LogP contribution in [0.3, 0.4) is 0 Å². The molecule has 92 valence electrons. The molecule has 1 unspecified atom stereocenters. The van der Waals surface area contributed by atoms with Crippen LogP contribution in [0.2, 0.25) is 0 Å². The van der Waals surface area contributed by atoms with Crippen LogP contribution in [0, 0.1) is 10.1 Å². The van der Waals surface area contributed by atoms with Crippen LogP contribution in [0.25, 0.3) is 0 Å². The van der Waals surface area contributed by atoms with Gasteiger partial charge in [-0.25, -0.2) is 4.79 Å². The second-order valence-corrected chi connectivity index (χ2v) is 4.83. The van der Waals surface area contributed by atoms with Crippen molar-refractivity contribution in [3.8, 4) is 0 Å².